The fourth-order valence-electron chi connectivity index (χ4n) is 4.17. The standard InChI is InChI=1S/C22H24N4O3S/c1-29-16-8-6-15(7-9-16)18-11-19(26-12-17(23-24-26)14-4-5-14)20(27)13-25(18)22(28)21-3-2-10-30-21/h2-3,6-10,12,14,18-20,27H,4-5,11,13H2,1H3/t18-,19-,20-/m1/s1. The third kappa shape index (κ3) is 3.61. The second kappa shape index (κ2) is 7.85. The van der Waals surface area contributed by atoms with E-state index >= 15 is 0 Å². The molecule has 2 fully saturated rings. The molecule has 1 saturated carbocycles. The van der Waals surface area contributed by atoms with E-state index in [2.05, 4.69) is 10.3 Å². The highest BCUT2D eigenvalue weighted by Gasteiger charge is 2.40. The maximum Gasteiger partial charge on any atom is 0.264 e. The van der Waals surface area contributed by atoms with Crippen molar-refractivity contribution >= 4 is 17.2 Å². The minimum Gasteiger partial charge on any atom is -0.497 e. The Hall–Kier alpha value is -2.71. The van der Waals surface area contributed by atoms with Crippen LogP contribution in [0.4, 0.5) is 0 Å². The monoisotopic (exact) mass is 424 g/mol. The van der Waals surface area contributed by atoms with Crippen molar-refractivity contribution in [2.45, 2.75) is 43.4 Å². The van der Waals surface area contributed by atoms with Crippen LogP contribution in [0.2, 0.25) is 0 Å². The molecular formula is C22H24N4O3S. The molecule has 0 unspecified atom stereocenters. The molecule has 2 aromatic heterocycles. The molecule has 1 amide bonds. The minimum absolute atomic E-state index is 0.0550. The van der Waals surface area contributed by atoms with Crippen LogP contribution in [-0.2, 0) is 0 Å². The molecule has 3 heterocycles. The lowest BCUT2D eigenvalue weighted by Gasteiger charge is -2.42. The number of rotatable bonds is 5. The van der Waals surface area contributed by atoms with Gasteiger partial charge in [-0.3, -0.25) is 4.79 Å². The summed E-state index contributed by atoms with van der Waals surface area (Å²) in [6.45, 7) is 0.247. The topological polar surface area (TPSA) is 80.5 Å². The van der Waals surface area contributed by atoms with Crippen molar-refractivity contribution in [3.05, 3.63) is 64.1 Å². The molecule has 156 valence electrons. The summed E-state index contributed by atoms with van der Waals surface area (Å²) in [4.78, 5) is 15.7. The Morgan fingerprint density at radius 2 is 2.03 bits per heavy atom. The summed E-state index contributed by atoms with van der Waals surface area (Å²) >= 11 is 1.42. The predicted octanol–water partition coefficient (Wildman–Crippen LogP) is 3.42. The van der Waals surface area contributed by atoms with Crippen molar-refractivity contribution in [2.24, 2.45) is 0 Å². The van der Waals surface area contributed by atoms with Gasteiger partial charge in [0.05, 0.1) is 35.9 Å². The molecule has 5 rings (SSSR count). The number of hydrogen-bond donors (Lipinski definition) is 1. The fraction of sp³-hybridized carbons (Fsp3) is 0.409. The largest absolute Gasteiger partial charge is 0.497 e. The number of carbonyl (C=O) groups excluding carboxylic acids is 1. The van der Waals surface area contributed by atoms with E-state index in [1.54, 1.807) is 16.7 Å². The van der Waals surface area contributed by atoms with Crippen LogP contribution in [0.25, 0.3) is 0 Å². The molecule has 7 nitrogen and oxygen atoms in total. The highest BCUT2D eigenvalue weighted by molar-refractivity contribution is 7.12. The Morgan fingerprint density at radius 3 is 2.70 bits per heavy atom. The average molecular weight is 425 g/mol. The molecule has 0 radical (unpaired) electrons. The van der Waals surface area contributed by atoms with Gasteiger partial charge < -0.3 is 14.7 Å². The summed E-state index contributed by atoms with van der Waals surface area (Å²) in [7, 11) is 1.64. The molecule has 3 aromatic rings. The number of piperidine rings is 1. The number of thiophene rings is 1. The number of ether oxygens (including phenoxy) is 1. The molecule has 8 heteroatoms. The first-order valence-corrected chi connectivity index (χ1v) is 11.1. The molecule has 1 aliphatic carbocycles. The average Bonchev–Trinajstić information content (AvgIpc) is 3.27. The predicted molar refractivity (Wildman–Crippen MR) is 113 cm³/mol. The summed E-state index contributed by atoms with van der Waals surface area (Å²) in [6, 6.07) is 11.1. The quantitative estimate of drug-likeness (QED) is 0.679. The van der Waals surface area contributed by atoms with Crippen LogP contribution < -0.4 is 4.74 Å². The zero-order valence-electron chi connectivity index (χ0n) is 16.7. The van der Waals surface area contributed by atoms with Gasteiger partial charge in [-0.2, -0.15) is 0 Å². The number of aliphatic hydroxyl groups excluding tert-OH is 1. The lowest BCUT2D eigenvalue weighted by Crippen LogP contribution is -2.49. The number of aliphatic hydroxyl groups is 1. The third-order valence-electron chi connectivity index (χ3n) is 6.03. The number of carbonyl (C=O) groups is 1. The number of nitrogens with zero attached hydrogens (tertiary/aromatic N) is 4. The molecule has 1 N–H and O–H groups in total. The van der Waals surface area contributed by atoms with Crippen LogP contribution in [0.15, 0.2) is 48.0 Å². The number of amides is 1. The molecule has 1 saturated heterocycles. The van der Waals surface area contributed by atoms with Gasteiger partial charge in [0.25, 0.3) is 5.91 Å². The van der Waals surface area contributed by atoms with Gasteiger partial charge in [-0.05, 0) is 48.4 Å². The zero-order valence-corrected chi connectivity index (χ0v) is 17.5. The van der Waals surface area contributed by atoms with Crippen molar-refractivity contribution in [2.75, 3.05) is 13.7 Å². The number of methoxy groups -OCH3 is 1. The van der Waals surface area contributed by atoms with Crippen molar-refractivity contribution in [1.29, 1.82) is 0 Å². The molecule has 3 atom stereocenters. The van der Waals surface area contributed by atoms with E-state index in [1.807, 2.05) is 48.0 Å². The van der Waals surface area contributed by atoms with Gasteiger partial charge in [0.2, 0.25) is 0 Å². The van der Waals surface area contributed by atoms with Crippen molar-refractivity contribution in [3.63, 3.8) is 0 Å². The Morgan fingerprint density at radius 1 is 1.23 bits per heavy atom. The van der Waals surface area contributed by atoms with Crippen LogP contribution >= 0.6 is 11.3 Å². The molecule has 0 spiro atoms. The normalized spacial score (nSPS) is 24.1. The summed E-state index contributed by atoms with van der Waals surface area (Å²) < 4.78 is 7.08. The van der Waals surface area contributed by atoms with Gasteiger partial charge >= 0.3 is 0 Å². The number of β-amino-alcohol motifs (C(OH)–C–C–N with tert-alkyl or cyclic N) is 1. The maximum absolute atomic E-state index is 13.2. The van der Waals surface area contributed by atoms with Gasteiger partial charge in [0.1, 0.15) is 5.75 Å². The van der Waals surface area contributed by atoms with Gasteiger partial charge in [-0.1, -0.05) is 23.4 Å². The minimum atomic E-state index is -0.711. The van der Waals surface area contributed by atoms with Crippen LogP contribution in [0, 0.1) is 0 Å². The summed E-state index contributed by atoms with van der Waals surface area (Å²) in [5.74, 6) is 1.22. The summed E-state index contributed by atoms with van der Waals surface area (Å²) in [5, 5.41) is 21.5. The molecule has 30 heavy (non-hydrogen) atoms. The zero-order chi connectivity index (χ0) is 20.7. The van der Waals surface area contributed by atoms with Gasteiger partial charge in [-0.15, -0.1) is 16.4 Å². The number of hydrogen-bond acceptors (Lipinski definition) is 6. The van der Waals surface area contributed by atoms with E-state index in [0.717, 1.165) is 29.8 Å². The van der Waals surface area contributed by atoms with Gasteiger partial charge in [0.15, 0.2) is 0 Å². The Kier molecular flexibility index (Phi) is 5.04. The van der Waals surface area contributed by atoms with E-state index in [-0.39, 0.29) is 24.5 Å². The summed E-state index contributed by atoms with van der Waals surface area (Å²) in [6.07, 6.45) is 4.13. The van der Waals surface area contributed by atoms with E-state index in [0.29, 0.717) is 17.2 Å². The molecule has 2 aliphatic rings. The first kappa shape index (κ1) is 19.3. The lowest BCUT2D eigenvalue weighted by molar-refractivity contribution is -0.00384. The van der Waals surface area contributed by atoms with Gasteiger partial charge in [-0.25, -0.2) is 4.68 Å². The number of likely N-dealkylation sites (tertiary alicyclic amines) is 1. The Bertz CT molecular complexity index is 1010. The van der Waals surface area contributed by atoms with Crippen LogP contribution in [-0.4, -0.2) is 50.7 Å². The summed E-state index contributed by atoms with van der Waals surface area (Å²) in [5.41, 5.74) is 2.01. The van der Waals surface area contributed by atoms with Crippen LogP contribution in [0.1, 0.15) is 58.2 Å². The second-order valence-corrected chi connectivity index (χ2v) is 8.94. The third-order valence-corrected chi connectivity index (χ3v) is 6.88. The van der Waals surface area contributed by atoms with Crippen molar-refractivity contribution in [3.8, 4) is 5.75 Å². The highest BCUT2D eigenvalue weighted by atomic mass is 32.1. The molecule has 1 aliphatic heterocycles. The van der Waals surface area contributed by atoms with E-state index in [1.165, 1.54) is 11.3 Å². The van der Waals surface area contributed by atoms with Gasteiger partial charge in [0, 0.05) is 18.7 Å². The fourth-order valence-corrected chi connectivity index (χ4v) is 4.85. The smallest absolute Gasteiger partial charge is 0.264 e. The van der Waals surface area contributed by atoms with Crippen molar-refractivity contribution < 1.29 is 14.6 Å². The van der Waals surface area contributed by atoms with Crippen LogP contribution in [0.3, 0.4) is 0 Å². The lowest BCUT2D eigenvalue weighted by atomic mass is 9.89. The Balaban J connectivity index is 1.46. The van der Waals surface area contributed by atoms with E-state index < -0.39 is 6.10 Å². The SMILES string of the molecule is COc1ccc([C@H]2C[C@@H](n3cc(C4CC4)nn3)[C@H](O)CN2C(=O)c2cccs2)cc1. The highest BCUT2D eigenvalue weighted by Crippen LogP contribution is 2.41. The van der Waals surface area contributed by atoms with E-state index in [9.17, 15) is 9.90 Å². The second-order valence-electron chi connectivity index (χ2n) is 7.99. The molecule has 0 bridgehead atoms. The maximum atomic E-state index is 13.2. The first-order valence-electron chi connectivity index (χ1n) is 10.2. The number of benzene rings is 1. The Labute approximate surface area is 178 Å². The van der Waals surface area contributed by atoms with E-state index in [4.69, 9.17) is 4.74 Å². The molecular weight excluding hydrogens is 400 g/mol. The van der Waals surface area contributed by atoms with Crippen molar-refractivity contribution in [1.82, 2.24) is 19.9 Å². The molecule has 1 aromatic carbocycles. The first-order chi connectivity index (χ1) is 14.6. The number of aromatic nitrogens is 3. The van der Waals surface area contributed by atoms with Crippen LogP contribution in [0.5, 0.6) is 5.75 Å².